The van der Waals surface area contributed by atoms with Gasteiger partial charge >= 0.3 is 5.97 Å². The minimum absolute atomic E-state index is 0.157. The van der Waals surface area contributed by atoms with E-state index in [0.717, 1.165) is 5.69 Å². The quantitative estimate of drug-likeness (QED) is 0.763. The molecule has 2 heterocycles. The van der Waals surface area contributed by atoms with Crippen LogP contribution in [0.15, 0.2) is 72.1 Å². The minimum Gasteiger partial charge on any atom is -0.481 e. The lowest BCUT2D eigenvalue weighted by molar-refractivity contribution is -0.137. The second-order valence-corrected chi connectivity index (χ2v) is 7.72. The molecule has 0 saturated heterocycles. The summed E-state index contributed by atoms with van der Waals surface area (Å²) in [6.45, 7) is 0. The molecule has 3 aromatic rings. The first kappa shape index (κ1) is 16.3. The Balaban J connectivity index is 1.80. The van der Waals surface area contributed by atoms with E-state index in [4.69, 9.17) is 0 Å². The zero-order valence-corrected chi connectivity index (χ0v) is 14.4. The molecule has 1 aliphatic heterocycles. The van der Waals surface area contributed by atoms with Gasteiger partial charge in [0.15, 0.2) is 0 Å². The maximum absolute atomic E-state index is 13.0. The maximum Gasteiger partial charge on any atom is 0.305 e. The van der Waals surface area contributed by atoms with E-state index in [-0.39, 0.29) is 11.3 Å². The van der Waals surface area contributed by atoms with E-state index < -0.39 is 22.0 Å². The summed E-state index contributed by atoms with van der Waals surface area (Å²) in [5.41, 5.74) is 1.76. The molecule has 4 rings (SSSR count). The Morgan fingerprint density at radius 2 is 1.77 bits per heavy atom. The van der Waals surface area contributed by atoms with Crippen molar-refractivity contribution in [1.29, 1.82) is 0 Å². The van der Waals surface area contributed by atoms with E-state index in [1.165, 1.54) is 10.4 Å². The fourth-order valence-electron chi connectivity index (χ4n) is 3.25. The Morgan fingerprint density at radius 1 is 1.08 bits per heavy atom. The van der Waals surface area contributed by atoms with Gasteiger partial charge in [0.25, 0.3) is 10.0 Å². The summed E-state index contributed by atoms with van der Waals surface area (Å²) in [5, 5.41) is 9.27. The van der Waals surface area contributed by atoms with Crippen LogP contribution in [0.4, 0.5) is 5.69 Å². The highest BCUT2D eigenvalue weighted by Gasteiger charge is 2.43. The standard InChI is InChI=1S/C18H15N3O4S/c22-18(23)11-16-15-3-1-2-4-17(15)26(24,25)21(16)14-7-5-13(6-8-14)20-10-9-19-12-20/h1-10,12,16H,11H2,(H,22,23). The van der Waals surface area contributed by atoms with Gasteiger partial charge in [0.1, 0.15) is 0 Å². The van der Waals surface area contributed by atoms with Crippen LogP contribution in [-0.4, -0.2) is 29.0 Å². The van der Waals surface area contributed by atoms with Crippen molar-refractivity contribution in [2.24, 2.45) is 0 Å². The van der Waals surface area contributed by atoms with E-state index in [1.807, 2.05) is 0 Å². The molecule has 1 aliphatic rings. The molecular weight excluding hydrogens is 354 g/mol. The van der Waals surface area contributed by atoms with Crippen LogP contribution in [0, 0.1) is 0 Å². The molecule has 8 heteroatoms. The number of carboxylic acid groups (broad SMARTS) is 1. The number of carbonyl (C=O) groups is 1. The van der Waals surface area contributed by atoms with Gasteiger partial charge in [-0.1, -0.05) is 18.2 Å². The number of rotatable bonds is 4. The van der Waals surface area contributed by atoms with Crippen molar-refractivity contribution in [3.8, 4) is 5.69 Å². The molecule has 0 radical (unpaired) electrons. The molecule has 26 heavy (non-hydrogen) atoms. The van der Waals surface area contributed by atoms with E-state index in [2.05, 4.69) is 4.98 Å². The number of carboxylic acids is 1. The summed E-state index contributed by atoms with van der Waals surface area (Å²) < 4.78 is 29.0. The van der Waals surface area contributed by atoms with Gasteiger partial charge in [-0.15, -0.1) is 0 Å². The van der Waals surface area contributed by atoms with Gasteiger partial charge in [-0.05, 0) is 35.9 Å². The lowest BCUT2D eigenvalue weighted by atomic mass is 10.0. The average Bonchev–Trinajstić information content (AvgIpc) is 3.22. The average molecular weight is 369 g/mol. The SMILES string of the molecule is O=C(O)CC1c2ccccc2S(=O)(=O)N1c1ccc(-n2ccnc2)cc1. The van der Waals surface area contributed by atoms with Crippen LogP contribution in [0.2, 0.25) is 0 Å². The molecule has 2 aromatic carbocycles. The van der Waals surface area contributed by atoms with Crippen LogP contribution in [0.3, 0.4) is 0 Å². The number of hydrogen-bond acceptors (Lipinski definition) is 4. The van der Waals surface area contributed by atoms with Crippen molar-refractivity contribution >= 4 is 21.7 Å². The van der Waals surface area contributed by atoms with Crippen LogP contribution < -0.4 is 4.31 Å². The molecule has 132 valence electrons. The maximum atomic E-state index is 13.0. The van der Waals surface area contributed by atoms with Crippen LogP contribution in [-0.2, 0) is 14.8 Å². The van der Waals surface area contributed by atoms with Crippen molar-refractivity contribution in [2.75, 3.05) is 4.31 Å². The molecule has 0 aliphatic carbocycles. The van der Waals surface area contributed by atoms with Crippen LogP contribution in [0.1, 0.15) is 18.0 Å². The molecule has 0 amide bonds. The predicted molar refractivity (Wildman–Crippen MR) is 94.7 cm³/mol. The van der Waals surface area contributed by atoms with Crippen molar-refractivity contribution in [1.82, 2.24) is 9.55 Å². The Kier molecular flexibility index (Phi) is 3.77. The number of fused-ring (bicyclic) bond motifs is 1. The Labute approximate surface area is 150 Å². The summed E-state index contributed by atoms with van der Waals surface area (Å²) in [5.74, 6) is -1.05. The van der Waals surface area contributed by atoms with Gasteiger partial charge in [-0.3, -0.25) is 9.10 Å². The Hall–Kier alpha value is -3.13. The van der Waals surface area contributed by atoms with Gasteiger partial charge < -0.3 is 9.67 Å². The van der Waals surface area contributed by atoms with E-state index in [0.29, 0.717) is 11.3 Å². The van der Waals surface area contributed by atoms with Crippen molar-refractivity contribution in [2.45, 2.75) is 17.4 Å². The molecule has 0 fully saturated rings. The highest BCUT2D eigenvalue weighted by Crippen LogP contribution is 2.44. The number of benzene rings is 2. The van der Waals surface area contributed by atoms with Gasteiger partial charge in [0, 0.05) is 18.1 Å². The Morgan fingerprint density at radius 3 is 2.42 bits per heavy atom. The predicted octanol–water partition coefficient (Wildman–Crippen LogP) is 2.60. The molecular formula is C18H15N3O4S. The highest BCUT2D eigenvalue weighted by atomic mass is 32.2. The fraction of sp³-hybridized carbons (Fsp3) is 0.111. The third-order valence-electron chi connectivity index (χ3n) is 4.37. The lowest BCUT2D eigenvalue weighted by Crippen LogP contribution is -2.29. The van der Waals surface area contributed by atoms with Gasteiger partial charge in [-0.25, -0.2) is 13.4 Å². The van der Waals surface area contributed by atoms with E-state index in [9.17, 15) is 18.3 Å². The molecule has 1 unspecified atom stereocenters. The summed E-state index contributed by atoms with van der Waals surface area (Å²) in [7, 11) is -3.81. The number of hydrogen-bond donors (Lipinski definition) is 1. The van der Waals surface area contributed by atoms with Crippen molar-refractivity contribution in [3.63, 3.8) is 0 Å². The fourth-order valence-corrected chi connectivity index (χ4v) is 5.14. The topological polar surface area (TPSA) is 92.5 Å². The number of aliphatic carboxylic acids is 1. The highest BCUT2D eigenvalue weighted by molar-refractivity contribution is 7.93. The van der Waals surface area contributed by atoms with Crippen LogP contribution >= 0.6 is 0 Å². The number of aromatic nitrogens is 2. The van der Waals surface area contributed by atoms with Gasteiger partial charge in [0.2, 0.25) is 0 Å². The summed E-state index contributed by atoms with van der Waals surface area (Å²) in [6.07, 6.45) is 4.77. The molecule has 0 saturated carbocycles. The van der Waals surface area contributed by atoms with Crippen LogP contribution in [0.5, 0.6) is 0 Å². The molecule has 7 nitrogen and oxygen atoms in total. The molecule has 1 aromatic heterocycles. The normalized spacial score (nSPS) is 17.8. The molecule has 0 bridgehead atoms. The number of sulfonamides is 1. The van der Waals surface area contributed by atoms with E-state index >= 15 is 0 Å². The second kappa shape index (κ2) is 5.99. The first-order valence-electron chi connectivity index (χ1n) is 7.92. The lowest BCUT2D eigenvalue weighted by Gasteiger charge is -2.24. The third-order valence-corrected chi connectivity index (χ3v) is 6.28. The molecule has 1 atom stereocenters. The Bertz CT molecular complexity index is 1060. The molecule has 1 N–H and O–H groups in total. The summed E-state index contributed by atoms with van der Waals surface area (Å²) >= 11 is 0. The van der Waals surface area contributed by atoms with Gasteiger partial charge in [-0.2, -0.15) is 0 Å². The number of imidazole rings is 1. The van der Waals surface area contributed by atoms with Crippen molar-refractivity contribution in [3.05, 3.63) is 72.8 Å². The number of nitrogens with zero attached hydrogens (tertiary/aromatic N) is 3. The smallest absolute Gasteiger partial charge is 0.305 e. The van der Waals surface area contributed by atoms with Crippen LogP contribution in [0.25, 0.3) is 5.69 Å². The first-order chi connectivity index (χ1) is 12.5. The van der Waals surface area contributed by atoms with Gasteiger partial charge in [0.05, 0.1) is 29.4 Å². The molecule has 0 spiro atoms. The summed E-state index contributed by atoms with van der Waals surface area (Å²) in [6, 6.07) is 12.7. The van der Waals surface area contributed by atoms with E-state index in [1.54, 1.807) is 65.8 Å². The first-order valence-corrected chi connectivity index (χ1v) is 9.36. The number of anilines is 1. The monoisotopic (exact) mass is 369 g/mol. The second-order valence-electron chi connectivity index (χ2n) is 5.94. The zero-order valence-electron chi connectivity index (χ0n) is 13.6. The largest absolute Gasteiger partial charge is 0.481 e. The summed E-state index contributed by atoms with van der Waals surface area (Å²) in [4.78, 5) is 15.5. The minimum atomic E-state index is -3.81. The third kappa shape index (κ3) is 2.55. The zero-order chi connectivity index (χ0) is 18.3. The van der Waals surface area contributed by atoms with Crippen molar-refractivity contribution < 1.29 is 18.3 Å².